The molecule has 12 heavy (non-hydrogen) atoms. The lowest BCUT2D eigenvalue weighted by molar-refractivity contribution is 0.471. The van der Waals surface area contributed by atoms with Crippen LogP contribution in [-0.4, -0.2) is 11.1 Å². The topological polar surface area (TPSA) is 32.3 Å². The van der Waals surface area contributed by atoms with Gasteiger partial charge in [0.1, 0.15) is 5.75 Å². The van der Waals surface area contributed by atoms with Crippen LogP contribution in [0.1, 0.15) is 19.4 Å². The van der Waals surface area contributed by atoms with Crippen LogP contribution >= 0.6 is 0 Å². The van der Waals surface area contributed by atoms with Gasteiger partial charge in [0.15, 0.2) is 0 Å². The maximum absolute atomic E-state index is 9.25. The van der Waals surface area contributed by atoms with Crippen molar-refractivity contribution in [1.29, 1.82) is 0 Å². The molecule has 0 radical (unpaired) electrons. The number of phenols is 1. The summed E-state index contributed by atoms with van der Waals surface area (Å²) in [6.45, 7) is 6.06. The molecule has 1 aromatic rings. The molecule has 0 aromatic heterocycles. The molecular formula is C10H15NO. The third kappa shape index (κ3) is 2.16. The average molecular weight is 165 g/mol. The molecule has 2 N–H and O–H groups in total. The zero-order chi connectivity index (χ0) is 9.14. The molecule has 0 aliphatic heterocycles. The molecule has 0 heterocycles. The molecule has 1 aromatic carbocycles. The molecule has 0 unspecified atom stereocenters. The first-order chi connectivity index (χ1) is 5.59. The fraction of sp³-hybridized carbons (Fsp3) is 0.400. The fourth-order valence-corrected chi connectivity index (χ4v) is 1.08. The summed E-state index contributed by atoms with van der Waals surface area (Å²) in [6, 6.07) is 5.95. The van der Waals surface area contributed by atoms with Crippen molar-refractivity contribution in [3.05, 3.63) is 23.8 Å². The zero-order valence-electron chi connectivity index (χ0n) is 7.76. The van der Waals surface area contributed by atoms with E-state index in [0.29, 0.717) is 11.8 Å². The van der Waals surface area contributed by atoms with Gasteiger partial charge in [-0.1, -0.05) is 0 Å². The highest BCUT2D eigenvalue weighted by molar-refractivity contribution is 5.50. The second-order valence-corrected chi connectivity index (χ2v) is 3.30. The van der Waals surface area contributed by atoms with Gasteiger partial charge in [-0.15, -0.1) is 0 Å². The van der Waals surface area contributed by atoms with Crippen LogP contribution in [-0.2, 0) is 0 Å². The van der Waals surface area contributed by atoms with Crippen LogP contribution in [0.2, 0.25) is 0 Å². The number of hydrogen-bond acceptors (Lipinski definition) is 2. The molecule has 0 bridgehead atoms. The van der Waals surface area contributed by atoms with Gasteiger partial charge in [-0.2, -0.15) is 0 Å². The maximum Gasteiger partial charge on any atom is 0.118 e. The van der Waals surface area contributed by atoms with Crippen molar-refractivity contribution in [3.8, 4) is 5.75 Å². The van der Waals surface area contributed by atoms with Crippen molar-refractivity contribution < 1.29 is 5.11 Å². The summed E-state index contributed by atoms with van der Waals surface area (Å²) in [4.78, 5) is 0. The van der Waals surface area contributed by atoms with Crippen molar-refractivity contribution in [1.82, 2.24) is 0 Å². The largest absolute Gasteiger partial charge is 0.508 e. The first-order valence-corrected chi connectivity index (χ1v) is 4.16. The lowest BCUT2D eigenvalue weighted by atomic mass is 10.2. The molecule has 2 nitrogen and oxygen atoms in total. The lowest BCUT2D eigenvalue weighted by Crippen LogP contribution is -2.09. The second kappa shape index (κ2) is 3.48. The van der Waals surface area contributed by atoms with Crippen LogP contribution < -0.4 is 5.32 Å². The van der Waals surface area contributed by atoms with Gasteiger partial charge in [0, 0.05) is 11.7 Å². The molecular weight excluding hydrogens is 150 g/mol. The standard InChI is InChI=1S/C10H15NO/c1-7(2)11-9-4-5-10(12)8(3)6-9/h4-7,11-12H,1-3H3. The Morgan fingerprint density at radius 2 is 2.00 bits per heavy atom. The summed E-state index contributed by atoms with van der Waals surface area (Å²) >= 11 is 0. The van der Waals surface area contributed by atoms with Crippen LogP contribution in [0.15, 0.2) is 18.2 Å². The third-order valence-electron chi connectivity index (χ3n) is 1.65. The second-order valence-electron chi connectivity index (χ2n) is 3.30. The minimum atomic E-state index is 0.351. The van der Waals surface area contributed by atoms with Crippen molar-refractivity contribution in [2.75, 3.05) is 5.32 Å². The highest BCUT2D eigenvalue weighted by Crippen LogP contribution is 2.20. The predicted octanol–water partition coefficient (Wildman–Crippen LogP) is 2.52. The van der Waals surface area contributed by atoms with Gasteiger partial charge in [0.2, 0.25) is 0 Å². The number of anilines is 1. The minimum Gasteiger partial charge on any atom is -0.508 e. The molecule has 0 amide bonds. The molecule has 2 heteroatoms. The Labute approximate surface area is 73.2 Å². The number of benzene rings is 1. The maximum atomic E-state index is 9.25. The van der Waals surface area contributed by atoms with E-state index in [9.17, 15) is 5.11 Å². The molecule has 0 aliphatic rings. The highest BCUT2D eigenvalue weighted by atomic mass is 16.3. The van der Waals surface area contributed by atoms with Gasteiger partial charge < -0.3 is 10.4 Å². The molecule has 0 atom stereocenters. The Kier molecular flexibility index (Phi) is 2.58. The third-order valence-corrected chi connectivity index (χ3v) is 1.65. The van der Waals surface area contributed by atoms with E-state index in [1.165, 1.54) is 0 Å². The van der Waals surface area contributed by atoms with E-state index in [2.05, 4.69) is 19.2 Å². The lowest BCUT2D eigenvalue weighted by Gasteiger charge is -2.10. The Morgan fingerprint density at radius 1 is 1.33 bits per heavy atom. The molecule has 0 fully saturated rings. The van der Waals surface area contributed by atoms with Crippen molar-refractivity contribution in [2.24, 2.45) is 0 Å². The minimum absolute atomic E-state index is 0.351. The number of rotatable bonds is 2. The van der Waals surface area contributed by atoms with Gasteiger partial charge in [-0.3, -0.25) is 0 Å². The van der Waals surface area contributed by atoms with E-state index in [0.717, 1.165) is 11.3 Å². The summed E-state index contributed by atoms with van der Waals surface area (Å²) < 4.78 is 0. The van der Waals surface area contributed by atoms with Gasteiger partial charge in [0.25, 0.3) is 0 Å². The Balaban J connectivity index is 2.82. The Morgan fingerprint density at radius 3 is 2.50 bits per heavy atom. The summed E-state index contributed by atoms with van der Waals surface area (Å²) in [5, 5.41) is 12.5. The Hall–Kier alpha value is -1.18. The van der Waals surface area contributed by atoms with E-state index in [4.69, 9.17) is 0 Å². The molecule has 1 rings (SSSR count). The van der Waals surface area contributed by atoms with Gasteiger partial charge >= 0.3 is 0 Å². The number of aryl methyl sites for hydroxylation is 1. The van der Waals surface area contributed by atoms with E-state index in [1.807, 2.05) is 19.1 Å². The van der Waals surface area contributed by atoms with Crippen LogP contribution in [0.4, 0.5) is 5.69 Å². The van der Waals surface area contributed by atoms with Gasteiger partial charge in [-0.25, -0.2) is 0 Å². The van der Waals surface area contributed by atoms with Crippen LogP contribution in [0, 0.1) is 6.92 Å². The molecule has 0 aliphatic carbocycles. The molecule has 66 valence electrons. The van der Waals surface area contributed by atoms with E-state index in [-0.39, 0.29) is 0 Å². The van der Waals surface area contributed by atoms with E-state index in [1.54, 1.807) is 6.07 Å². The van der Waals surface area contributed by atoms with Crippen LogP contribution in [0.3, 0.4) is 0 Å². The van der Waals surface area contributed by atoms with E-state index < -0.39 is 0 Å². The first-order valence-electron chi connectivity index (χ1n) is 4.16. The SMILES string of the molecule is Cc1cc(NC(C)C)ccc1O. The molecule has 0 spiro atoms. The molecule has 0 saturated heterocycles. The quantitative estimate of drug-likeness (QED) is 0.660. The van der Waals surface area contributed by atoms with Crippen molar-refractivity contribution in [3.63, 3.8) is 0 Å². The van der Waals surface area contributed by atoms with Crippen molar-refractivity contribution >= 4 is 5.69 Å². The summed E-state index contributed by atoms with van der Waals surface area (Å²) in [6.07, 6.45) is 0. The van der Waals surface area contributed by atoms with Gasteiger partial charge in [-0.05, 0) is 44.5 Å². The summed E-state index contributed by atoms with van der Waals surface area (Å²) in [5.74, 6) is 0.351. The number of hydrogen-bond donors (Lipinski definition) is 2. The molecule has 0 saturated carbocycles. The first kappa shape index (κ1) is 8.91. The number of aromatic hydroxyl groups is 1. The van der Waals surface area contributed by atoms with Crippen molar-refractivity contribution in [2.45, 2.75) is 26.8 Å². The highest BCUT2D eigenvalue weighted by Gasteiger charge is 1.98. The monoisotopic (exact) mass is 165 g/mol. The normalized spacial score (nSPS) is 10.3. The van der Waals surface area contributed by atoms with E-state index >= 15 is 0 Å². The fourth-order valence-electron chi connectivity index (χ4n) is 1.08. The Bertz CT molecular complexity index is 269. The average Bonchev–Trinajstić information content (AvgIpc) is 1.96. The number of nitrogens with one attached hydrogen (secondary N) is 1. The van der Waals surface area contributed by atoms with Crippen LogP contribution in [0.25, 0.3) is 0 Å². The van der Waals surface area contributed by atoms with Crippen LogP contribution in [0.5, 0.6) is 5.75 Å². The summed E-state index contributed by atoms with van der Waals surface area (Å²) in [7, 11) is 0. The van der Waals surface area contributed by atoms with Gasteiger partial charge in [0.05, 0.1) is 0 Å². The number of phenolic OH excluding ortho intramolecular Hbond substituents is 1. The zero-order valence-corrected chi connectivity index (χ0v) is 7.76. The predicted molar refractivity (Wildman–Crippen MR) is 51.6 cm³/mol. The summed E-state index contributed by atoms with van der Waals surface area (Å²) in [5.41, 5.74) is 1.96. The smallest absolute Gasteiger partial charge is 0.118 e.